The summed E-state index contributed by atoms with van der Waals surface area (Å²) in [6.45, 7) is 0. The van der Waals surface area contributed by atoms with Crippen molar-refractivity contribution in [1.29, 1.82) is 0 Å². The molecule has 0 saturated carbocycles. The number of ether oxygens (including phenoxy) is 1. The number of halogens is 2. The molecule has 0 aliphatic heterocycles. The van der Waals surface area contributed by atoms with Gasteiger partial charge in [0.05, 0.1) is 23.2 Å². The van der Waals surface area contributed by atoms with Gasteiger partial charge in [-0.05, 0) is 36.4 Å². The Balaban J connectivity index is 2.24. The molecule has 0 spiro atoms. The number of alkyl halides is 1. The third-order valence-corrected chi connectivity index (χ3v) is 3.84. The van der Waals surface area contributed by atoms with E-state index in [4.69, 9.17) is 27.9 Å². The van der Waals surface area contributed by atoms with Crippen molar-refractivity contribution < 1.29 is 4.74 Å². The Morgan fingerprint density at radius 1 is 1.14 bits per heavy atom. The van der Waals surface area contributed by atoms with Crippen molar-refractivity contribution in [3.63, 3.8) is 0 Å². The lowest BCUT2D eigenvalue weighted by Gasteiger charge is -2.10. The summed E-state index contributed by atoms with van der Waals surface area (Å²) in [6.07, 6.45) is 0.679. The van der Waals surface area contributed by atoms with Gasteiger partial charge in [0.1, 0.15) is 11.6 Å². The molecule has 0 atom stereocenters. The van der Waals surface area contributed by atoms with Crippen LogP contribution >= 0.6 is 23.2 Å². The number of aryl methyl sites for hydroxylation is 1. The van der Waals surface area contributed by atoms with E-state index < -0.39 is 0 Å². The first-order chi connectivity index (χ1) is 10.2. The van der Waals surface area contributed by atoms with Gasteiger partial charge in [-0.3, -0.25) is 4.57 Å². The molecule has 0 amide bonds. The lowest BCUT2D eigenvalue weighted by atomic mass is 10.2. The van der Waals surface area contributed by atoms with Crippen molar-refractivity contribution in [3.05, 3.63) is 53.3 Å². The molecule has 0 aliphatic carbocycles. The summed E-state index contributed by atoms with van der Waals surface area (Å²) in [6, 6.07) is 13.5. The van der Waals surface area contributed by atoms with E-state index in [2.05, 4.69) is 9.55 Å². The minimum atomic E-state index is 0.511. The predicted molar refractivity (Wildman–Crippen MR) is 87.1 cm³/mol. The summed E-state index contributed by atoms with van der Waals surface area (Å²) >= 11 is 12.3. The van der Waals surface area contributed by atoms with Crippen LogP contribution in [0.15, 0.2) is 42.5 Å². The highest BCUT2D eigenvalue weighted by atomic mass is 35.5. The summed E-state index contributed by atoms with van der Waals surface area (Å²) in [4.78, 5) is 4.65. The monoisotopic (exact) mass is 320 g/mol. The van der Waals surface area contributed by atoms with Crippen LogP contribution < -0.4 is 4.74 Å². The number of aromatic nitrogens is 2. The molecule has 0 radical (unpaired) electrons. The number of nitrogens with zero attached hydrogens (tertiary/aromatic N) is 2. The fourth-order valence-corrected chi connectivity index (χ4v) is 2.82. The zero-order valence-corrected chi connectivity index (χ0v) is 13.0. The molecule has 21 heavy (non-hydrogen) atoms. The Bertz CT molecular complexity index is 766. The highest BCUT2D eigenvalue weighted by Crippen LogP contribution is 2.29. The van der Waals surface area contributed by atoms with E-state index in [1.165, 1.54) is 0 Å². The minimum Gasteiger partial charge on any atom is -0.497 e. The smallest absolute Gasteiger partial charge is 0.119 e. The summed E-state index contributed by atoms with van der Waals surface area (Å²) < 4.78 is 7.26. The maximum absolute atomic E-state index is 6.37. The largest absolute Gasteiger partial charge is 0.497 e. The van der Waals surface area contributed by atoms with Crippen LogP contribution in [0.1, 0.15) is 5.82 Å². The summed E-state index contributed by atoms with van der Waals surface area (Å²) in [5.74, 6) is 2.23. The van der Waals surface area contributed by atoms with Gasteiger partial charge in [0.15, 0.2) is 0 Å². The molecule has 108 valence electrons. The van der Waals surface area contributed by atoms with E-state index in [0.717, 1.165) is 28.3 Å². The minimum absolute atomic E-state index is 0.511. The molecular formula is C16H14Cl2N2O. The number of fused-ring (bicyclic) bond motifs is 1. The van der Waals surface area contributed by atoms with Gasteiger partial charge in [-0.2, -0.15) is 0 Å². The molecule has 3 rings (SSSR count). The number of hydrogen-bond acceptors (Lipinski definition) is 2. The number of rotatable bonds is 4. The molecular weight excluding hydrogens is 307 g/mol. The average molecular weight is 321 g/mol. The highest BCUT2D eigenvalue weighted by Gasteiger charge is 2.14. The van der Waals surface area contributed by atoms with Gasteiger partial charge in [-0.15, -0.1) is 11.6 Å². The summed E-state index contributed by atoms with van der Waals surface area (Å²) in [7, 11) is 1.65. The molecule has 3 aromatic rings. The molecule has 0 N–H and O–H groups in total. The van der Waals surface area contributed by atoms with Gasteiger partial charge >= 0.3 is 0 Å². The average Bonchev–Trinajstić information content (AvgIpc) is 2.87. The third-order valence-electron chi connectivity index (χ3n) is 3.35. The fraction of sp³-hybridized carbons (Fsp3) is 0.188. The maximum atomic E-state index is 6.37. The molecule has 0 saturated heterocycles. The molecule has 1 aromatic heterocycles. The number of imidazole rings is 1. The molecule has 3 nitrogen and oxygen atoms in total. The lowest BCUT2D eigenvalue weighted by molar-refractivity contribution is 0.414. The van der Waals surface area contributed by atoms with E-state index in [0.29, 0.717) is 17.3 Å². The molecule has 1 heterocycles. The SMILES string of the molecule is COc1ccc(-n2c(CCCl)nc3cccc(Cl)c32)cc1. The Morgan fingerprint density at radius 2 is 1.90 bits per heavy atom. The Hall–Kier alpha value is -1.71. The van der Waals surface area contributed by atoms with Crippen molar-refractivity contribution in [3.8, 4) is 11.4 Å². The molecule has 0 aliphatic rings. The second-order valence-electron chi connectivity index (χ2n) is 4.61. The van der Waals surface area contributed by atoms with E-state index >= 15 is 0 Å². The number of hydrogen-bond donors (Lipinski definition) is 0. The van der Waals surface area contributed by atoms with Crippen LogP contribution in [0.2, 0.25) is 5.02 Å². The van der Waals surface area contributed by atoms with E-state index in [1.807, 2.05) is 42.5 Å². The van der Waals surface area contributed by atoms with E-state index in [-0.39, 0.29) is 0 Å². The van der Waals surface area contributed by atoms with Gasteiger partial charge < -0.3 is 4.74 Å². The van der Waals surface area contributed by atoms with Crippen molar-refractivity contribution >= 4 is 34.2 Å². The first-order valence-corrected chi connectivity index (χ1v) is 7.52. The number of para-hydroxylation sites is 1. The Labute approximate surface area is 133 Å². The number of benzene rings is 2. The van der Waals surface area contributed by atoms with Gasteiger partial charge in [-0.25, -0.2) is 4.98 Å². The normalized spacial score (nSPS) is 11.0. The van der Waals surface area contributed by atoms with Crippen molar-refractivity contribution in [2.45, 2.75) is 6.42 Å². The van der Waals surface area contributed by atoms with Crippen LogP contribution in [0, 0.1) is 0 Å². The molecule has 5 heteroatoms. The number of methoxy groups -OCH3 is 1. The molecule has 0 fully saturated rings. The second-order valence-corrected chi connectivity index (χ2v) is 5.39. The van der Waals surface area contributed by atoms with Crippen LogP contribution in [0.25, 0.3) is 16.7 Å². The van der Waals surface area contributed by atoms with Crippen molar-refractivity contribution in [2.75, 3.05) is 13.0 Å². The highest BCUT2D eigenvalue weighted by molar-refractivity contribution is 6.35. The lowest BCUT2D eigenvalue weighted by Crippen LogP contribution is -2.02. The van der Waals surface area contributed by atoms with Gasteiger partial charge in [0.25, 0.3) is 0 Å². The maximum Gasteiger partial charge on any atom is 0.119 e. The molecule has 0 unspecified atom stereocenters. The van der Waals surface area contributed by atoms with Crippen molar-refractivity contribution in [2.24, 2.45) is 0 Å². The zero-order valence-electron chi connectivity index (χ0n) is 11.5. The second kappa shape index (κ2) is 5.96. The zero-order chi connectivity index (χ0) is 14.8. The van der Waals surface area contributed by atoms with E-state index in [1.54, 1.807) is 7.11 Å². The summed E-state index contributed by atoms with van der Waals surface area (Å²) in [5.41, 5.74) is 2.77. The first kappa shape index (κ1) is 14.2. The van der Waals surface area contributed by atoms with Crippen LogP contribution in [0.3, 0.4) is 0 Å². The molecule has 0 bridgehead atoms. The summed E-state index contributed by atoms with van der Waals surface area (Å²) in [5, 5.41) is 0.677. The van der Waals surface area contributed by atoms with Gasteiger partial charge in [0, 0.05) is 18.0 Å². The van der Waals surface area contributed by atoms with Gasteiger partial charge in [-0.1, -0.05) is 17.7 Å². The quantitative estimate of drug-likeness (QED) is 0.663. The predicted octanol–water partition coefficient (Wildman–Crippen LogP) is 4.47. The Kier molecular flexibility index (Phi) is 4.04. The fourth-order valence-electron chi connectivity index (χ4n) is 2.40. The van der Waals surface area contributed by atoms with Crippen LogP contribution in [0.4, 0.5) is 0 Å². The van der Waals surface area contributed by atoms with Crippen molar-refractivity contribution in [1.82, 2.24) is 9.55 Å². The van der Waals surface area contributed by atoms with Gasteiger partial charge in [0.2, 0.25) is 0 Å². The van der Waals surface area contributed by atoms with E-state index in [9.17, 15) is 0 Å². The standard InChI is InChI=1S/C16H14Cl2N2O/c1-21-12-7-5-11(6-8-12)20-15(9-10-17)19-14-4-2-3-13(18)16(14)20/h2-8H,9-10H2,1H3. The topological polar surface area (TPSA) is 27.1 Å². The van der Waals surface area contributed by atoms with Crippen LogP contribution in [0.5, 0.6) is 5.75 Å². The molecule has 2 aromatic carbocycles. The first-order valence-electron chi connectivity index (χ1n) is 6.61. The Morgan fingerprint density at radius 3 is 2.57 bits per heavy atom. The third kappa shape index (κ3) is 2.59. The van der Waals surface area contributed by atoms with Crippen LogP contribution in [-0.4, -0.2) is 22.5 Å². The van der Waals surface area contributed by atoms with Crippen LogP contribution in [-0.2, 0) is 6.42 Å².